The maximum Gasteiger partial charge on any atom is 0.255 e. The summed E-state index contributed by atoms with van der Waals surface area (Å²) in [6, 6.07) is 2.06. The van der Waals surface area contributed by atoms with Crippen molar-refractivity contribution in [3.63, 3.8) is 0 Å². The van der Waals surface area contributed by atoms with Crippen molar-refractivity contribution in [2.24, 2.45) is 0 Å². The van der Waals surface area contributed by atoms with Crippen LogP contribution in [-0.2, 0) is 16.1 Å². The van der Waals surface area contributed by atoms with Gasteiger partial charge in [0, 0.05) is 17.5 Å². The van der Waals surface area contributed by atoms with Crippen LogP contribution in [0.3, 0.4) is 0 Å². The molecule has 1 N–H and O–H groups in total. The Labute approximate surface area is 114 Å². The molecule has 1 atom stereocenters. The molecule has 0 spiro atoms. The third-order valence-corrected chi connectivity index (χ3v) is 3.66. The van der Waals surface area contributed by atoms with E-state index in [0.29, 0.717) is 5.56 Å². The summed E-state index contributed by atoms with van der Waals surface area (Å²) in [5.41, 5.74) is 0.950. The normalized spacial score (nSPS) is 22.0. The van der Waals surface area contributed by atoms with E-state index in [9.17, 15) is 18.8 Å². The van der Waals surface area contributed by atoms with Crippen LogP contribution in [0.1, 0.15) is 34.3 Å². The Bertz CT molecular complexity index is 642. The van der Waals surface area contributed by atoms with Crippen LogP contribution < -0.4 is 5.32 Å². The first-order valence-corrected chi connectivity index (χ1v) is 6.26. The predicted molar refractivity (Wildman–Crippen MR) is 66.9 cm³/mol. The van der Waals surface area contributed by atoms with Crippen molar-refractivity contribution in [2.75, 3.05) is 0 Å². The largest absolute Gasteiger partial charge is 0.322 e. The Balaban J connectivity index is 1.92. The molecule has 1 saturated heterocycles. The van der Waals surface area contributed by atoms with Gasteiger partial charge in [0.2, 0.25) is 11.8 Å². The minimum Gasteiger partial charge on any atom is -0.322 e. The number of nitrogens with one attached hydrogen (secondary N) is 1. The average molecular weight is 275 g/mol. The highest BCUT2D eigenvalue weighted by Crippen LogP contribution is 2.29. The lowest BCUT2D eigenvalue weighted by Crippen LogP contribution is -2.52. The maximum atomic E-state index is 13.9. The number of rotatable bonds is 1. The van der Waals surface area contributed by atoms with E-state index in [4.69, 9.17) is 0 Å². The average Bonchev–Trinajstić information content (AvgIpc) is 2.68. The number of benzene rings is 1. The summed E-state index contributed by atoms with van der Waals surface area (Å²) in [6.07, 6.45) is 0.447. The van der Waals surface area contributed by atoms with Crippen LogP contribution in [0.2, 0.25) is 0 Å². The van der Waals surface area contributed by atoms with Gasteiger partial charge in [-0.1, -0.05) is 0 Å². The van der Waals surface area contributed by atoms with Crippen LogP contribution in [0.15, 0.2) is 12.1 Å². The Morgan fingerprint density at radius 3 is 2.75 bits per heavy atom. The summed E-state index contributed by atoms with van der Waals surface area (Å²) < 4.78 is 13.9. The minimum atomic E-state index is -0.722. The number of piperidine rings is 1. The SMILES string of the molecule is [CH2]c1cc(F)c2c(c1)C(=O)N(C1CCC(=O)NC1=O)C2. The molecule has 0 aliphatic carbocycles. The monoisotopic (exact) mass is 275 g/mol. The van der Waals surface area contributed by atoms with Crippen LogP contribution in [0.25, 0.3) is 0 Å². The van der Waals surface area contributed by atoms with Gasteiger partial charge in [-0.25, -0.2) is 4.39 Å². The van der Waals surface area contributed by atoms with Gasteiger partial charge in [0.15, 0.2) is 0 Å². The number of hydrogen-bond acceptors (Lipinski definition) is 3. The van der Waals surface area contributed by atoms with Crippen LogP contribution in [0.4, 0.5) is 4.39 Å². The first-order chi connectivity index (χ1) is 9.47. The van der Waals surface area contributed by atoms with Crippen molar-refractivity contribution >= 4 is 17.7 Å². The Morgan fingerprint density at radius 1 is 1.30 bits per heavy atom. The molecule has 0 bridgehead atoms. The highest BCUT2D eigenvalue weighted by atomic mass is 19.1. The molecule has 3 amide bonds. The predicted octanol–water partition coefficient (Wildman–Crippen LogP) is 0.769. The lowest BCUT2D eigenvalue weighted by Gasteiger charge is -2.29. The zero-order chi connectivity index (χ0) is 14.4. The van der Waals surface area contributed by atoms with Gasteiger partial charge in [-0.05, 0) is 31.0 Å². The first-order valence-electron chi connectivity index (χ1n) is 6.26. The molecule has 1 aromatic carbocycles. The van der Waals surface area contributed by atoms with E-state index in [1.165, 1.54) is 17.0 Å². The molecular weight excluding hydrogens is 263 g/mol. The number of hydrogen-bond donors (Lipinski definition) is 1. The Morgan fingerprint density at radius 2 is 2.05 bits per heavy atom. The smallest absolute Gasteiger partial charge is 0.255 e. The van der Waals surface area contributed by atoms with Crippen LogP contribution in [0.5, 0.6) is 0 Å². The quantitative estimate of drug-likeness (QED) is 0.770. The van der Waals surface area contributed by atoms with Crippen LogP contribution in [0, 0.1) is 12.7 Å². The zero-order valence-corrected chi connectivity index (χ0v) is 10.6. The van der Waals surface area contributed by atoms with E-state index in [2.05, 4.69) is 12.2 Å². The van der Waals surface area contributed by atoms with E-state index >= 15 is 0 Å². The molecule has 6 heteroatoms. The van der Waals surface area contributed by atoms with E-state index < -0.39 is 17.8 Å². The molecular formula is C14H12FN2O3. The van der Waals surface area contributed by atoms with E-state index in [1.54, 1.807) is 0 Å². The number of carbonyl (C=O) groups excluding carboxylic acids is 3. The molecule has 1 aromatic rings. The molecule has 2 aliphatic heterocycles. The lowest BCUT2D eigenvalue weighted by atomic mass is 10.0. The Hall–Kier alpha value is -2.24. The lowest BCUT2D eigenvalue weighted by molar-refractivity contribution is -0.136. The third kappa shape index (κ3) is 1.88. The molecule has 2 heterocycles. The fraction of sp³-hybridized carbons (Fsp3) is 0.286. The molecule has 3 rings (SSSR count). The molecule has 5 nitrogen and oxygen atoms in total. The second-order valence-electron chi connectivity index (χ2n) is 5.00. The van der Waals surface area contributed by atoms with Crippen molar-refractivity contribution in [1.29, 1.82) is 0 Å². The van der Waals surface area contributed by atoms with Gasteiger partial charge in [0.25, 0.3) is 5.91 Å². The fourth-order valence-corrected chi connectivity index (χ4v) is 2.67. The standard InChI is InChI=1S/C14H12FN2O3/c1-7-4-8-9(10(15)5-7)6-17(14(8)20)11-2-3-12(18)16-13(11)19/h4-5,11H,1-3,6H2,(H,16,18,19). The summed E-state index contributed by atoms with van der Waals surface area (Å²) >= 11 is 0. The van der Waals surface area contributed by atoms with Gasteiger partial charge in [-0.3, -0.25) is 19.7 Å². The van der Waals surface area contributed by atoms with Crippen molar-refractivity contribution in [3.05, 3.63) is 41.6 Å². The molecule has 1 fully saturated rings. The summed E-state index contributed by atoms with van der Waals surface area (Å²) in [4.78, 5) is 36.5. The molecule has 1 unspecified atom stereocenters. The molecule has 103 valence electrons. The van der Waals surface area contributed by atoms with Crippen LogP contribution in [-0.4, -0.2) is 28.7 Å². The van der Waals surface area contributed by atoms with Gasteiger partial charge in [-0.2, -0.15) is 0 Å². The third-order valence-electron chi connectivity index (χ3n) is 3.66. The van der Waals surface area contributed by atoms with Gasteiger partial charge in [-0.15, -0.1) is 0 Å². The molecule has 20 heavy (non-hydrogen) atoms. The molecule has 1 radical (unpaired) electrons. The summed E-state index contributed by atoms with van der Waals surface area (Å²) in [5, 5.41) is 2.20. The van der Waals surface area contributed by atoms with E-state index in [0.717, 1.165) is 0 Å². The second kappa shape index (κ2) is 4.40. The van der Waals surface area contributed by atoms with Gasteiger partial charge >= 0.3 is 0 Å². The number of imide groups is 1. The highest BCUT2D eigenvalue weighted by Gasteiger charge is 2.40. The summed E-state index contributed by atoms with van der Waals surface area (Å²) in [5.74, 6) is -1.73. The minimum absolute atomic E-state index is 0.0482. The van der Waals surface area contributed by atoms with Crippen molar-refractivity contribution in [2.45, 2.75) is 25.4 Å². The van der Waals surface area contributed by atoms with Gasteiger partial charge < -0.3 is 4.90 Å². The Kier molecular flexibility index (Phi) is 2.81. The van der Waals surface area contributed by atoms with Crippen LogP contribution >= 0.6 is 0 Å². The number of fused-ring (bicyclic) bond motifs is 1. The van der Waals surface area contributed by atoms with Gasteiger partial charge in [0.1, 0.15) is 11.9 Å². The second-order valence-corrected chi connectivity index (χ2v) is 5.00. The maximum absolute atomic E-state index is 13.9. The van der Waals surface area contributed by atoms with Crippen molar-refractivity contribution in [1.82, 2.24) is 10.2 Å². The summed E-state index contributed by atoms with van der Waals surface area (Å²) in [6.45, 7) is 3.67. The van der Waals surface area contributed by atoms with E-state index in [1.807, 2.05) is 0 Å². The van der Waals surface area contributed by atoms with E-state index in [-0.39, 0.29) is 42.3 Å². The summed E-state index contributed by atoms with van der Waals surface area (Å²) in [7, 11) is 0. The fourth-order valence-electron chi connectivity index (χ4n) is 2.67. The molecule has 0 saturated carbocycles. The molecule has 2 aliphatic rings. The number of carbonyl (C=O) groups is 3. The zero-order valence-electron chi connectivity index (χ0n) is 10.6. The number of amides is 3. The highest BCUT2D eigenvalue weighted by molar-refractivity contribution is 6.05. The number of halogens is 1. The van der Waals surface area contributed by atoms with Crippen molar-refractivity contribution in [3.8, 4) is 0 Å². The van der Waals surface area contributed by atoms with Gasteiger partial charge in [0.05, 0.1) is 6.54 Å². The first kappa shape index (κ1) is 12.8. The molecule has 0 aromatic heterocycles. The number of nitrogens with zero attached hydrogens (tertiary/aromatic N) is 1. The topological polar surface area (TPSA) is 66.5 Å². The van der Waals surface area contributed by atoms with Crippen molar-refractivity contribution < 1.29 is 18.8 Å².